The number of aromatic nitrogens is 1. The van der Waals surface area contributed by atoms with Gasteiger partial charge in [0, 0.05) is 17.6 Å². The summed E-state index contributed by atoms with van der Waals surface area (Å²) in [6, 6.07) is 8.66. The van der Waals surface area contributed by atoms with Crippen molar-refractivity contribution in [2.45, 2.75) is 18.9 Å². The summed E-state index contributed by atoms with van der Waals surface area (Å²) in [6.45, 7) is 0. The molecule has 1 heterocycles. The molecular weight excluding hydrogens is 172 g/mol. The molecule has 0 bridgehead atoms. The Kier molecular flexibility index (Phi) is 1.58. The standard InChI is InChI=1S/C12H12N2/c13-11-4-3-8-7-12-9(6-10(8)11)2-1-5-14-12/h1-2,5-7,11H,3-4,13H2/t11-/m0/s1. The normalized spacial score (nSPS) is 19.9. The number of nitrogens with zero attached hydrogens (tertiary/aromatic N) is 1. The molecule has 0 spiro atoms. The minimum atomic E-state index is 0.231. The van der Waals surface area contributed by atoms with Crippen LogP contribution in [-0.4, -0.2) is 4.98 Å². The number of fused-ring (bicyclic) bond motifs is 2. The van der Waals surface area contributed by atoms with Crippen LogP contribution in [0.1, 0.15) is 23.6 Å². The number of hydrogen-bond donors (Lipinski definition) is 1. The molecule has 14 heavy (non-hydrogen) atoms. The number of rotatable bonds is 0. The number of pyridine rings is 1. The second kappa shape index (κ2) is 2.79. The molecule has 2 aromatic rings. The Morgan fingerprint density at radius 1 is 1.36 bits per heavy atom. The molecule has 1 aromatic carbocycles. The number of nitrogens with two attached hydrogens (primary N) is 1. The summed E-state index contributed by atoms with van der Waals surface area (Å²) in [7, 11) is 0. The minimum Gasteiger partial charge on any atom is -0.324 e. The minimum absolute atomic E-state index is 0.231. The maximum Gasteiger partial charge on any atom is 0.0704 e. The first kappa shape index (κ1) is 7.94. The molecule has 0 fully saturated rings. The topological polar surface area (TPSA) is 38.9 Å². The molecule has 3 rings (SSSR count). The van der Waals surface area contributed by atoms with Gasteiger partial charge in [0.2, 0.25) is 0 Å². The summed E-state index contributed by atoms with van der Waals surface area (Å²) in [4.78, 5) is 4.34. The summed E-state index contributed by atoms with van der Waals surface area (Å²) in [5, 5.41) is 1.20. The van der Waals surface area contributed by atoms with E-state index in [0.717, 1.165) is 18.4 Å². The van der Waals surface area contributed by atoms with Gasteiger partial charge >= 0.3 is 0 Å². The van der Waals surface area contributed by atoms with E-state index in [0.29, 0.717) is 0 Å². The average Bonchev–Trinajstić information content (AvgIpc) is 2.57. The predicted octanol–water partition coefficient (Wildman–Crippen LogP) is 2.18. The van der Waals surface area contributed by atoms with Crippen LogP contribution in [0.5, 0.6) is 0 Å². The van der Waals surface area contributed by atoms with Gasteiger partial charge in [0.15, 0.2) is 0 Å². The van der Waals surface area contributed by atoms with Gasteiger partial charge in [0.05, 0.1) is 5.52 Å². The van der Waals surface area contributed by atoms with E-state index in [-0.39, 0.29) is 6.04 Å². The Balaban J connectivity index is 2.33. The van der Waals surface area contributed by atoms with E-state index in [4.69, 9.17) is 5.73 Å². The van der Waals surface area contributed by atoms with Crippen LogP contribution >= 0.6 is 0 Å². The fraction of sp³-hybridized carbons (Fsp3) is 0.250. The van der Waals surface area contributed by atoms with E-state index in [2.05, 4.69) is 23.2 Å². The van der Waals surface area contributed by atoms with E-state index >= 15 is 0 Å². The van der Waals surface area contributed by atoms with Gasteiger partial charge in [-0.15, -0.1) is 0 Å². The van der Waals surface area contributed by atoms with Crippen LogP contribution in [-0.2, 0) is 6.42 Å². The van der Waals surface area contributed by atoms with Crippen molar-refractivity contribution in [2.75, 3.05) is 0 Å². The maximum atomic E-state index is 6.02. The fourth-order valence-electron chi connectivity index (χ4n) is 2.21. The molecule has 0 saturated carbocycles. The van der Waals surface area contributed by atoms with Crippen molar-refractivity contribution in [1.82, 2.24) is 4.98 Å². The van der Waals surface area contributed by atoms with Gasteiger partial charge in [0.1, 0.15) is 0 Å². The third-order valence-corrected chi connectivity index (χ3v) is 2.99. The summed E-state index contributed by atoms with van der Waals surface area (Å²) < 4.78 is 0. The van der Waals surface area contributed by atoms with E-state index in [1.165, 1.54) is 16.5 Å². The Labute approximate surface area is 82.8 Å². The highest BCUT2D eigenvalue weighted by atomic mass is 14.7. The molecule has 0 saturated heterocycles. The highest BCUT2D eigenvalue weighted by Gasteiger charge is 2.19. The van der Waals surface area contributed by atoms with Gasteiger partial charge in [-0.2, -0.15) is 0 Å². The number of benzene rings is 1. The van der Waals surface area contributed by atoms with Crippen molar-refractivity contribution in [3.8, 4) is 0 Å². The molecule has 2 N–H and O–H groups in total. The van der Waals surface area contributed by atoms with Gasteiger partial charge in [0.25, 0.3) is 0 Å². The Morgan fingerprint density at radius 3 is 3.21 bits per heavy atom. The smallest absolute Gasteiger partial charge is 0.0704 e. The van der Waals surface area contributed by atoms with E-state index < -0.39 is 0 Å². The van der Waals surface area contributed by atoms with Crippen LogP contribution in [0.4, 0.5) is 0 Å². The number of hydrogen-bond acceptors (Lipinski definition) is 2. The van der Waals surface area contributed by atoms with E-state index in [9.17, 15) is 0 Å². The average molecular weight is 184 g/mol. The van der Waals surface area contributed by atoms with Crippen molar-refractivity contribution in [1.29, 1.82) is 0 Å². The Hall–Kier alpha value is -1.41. The van der Waals surface area contributed by atoms with Crippen molar-refractivity contribution < 1.29 is 0 Å². The largest absolute Gasteiger partial charge is 0.324 e. The zero-order valence-electron chi connectivity index (χ0n) is 7.90. The van der Waals surface area contributed by atoms with Gasteiger partial charge in [-0.3, -0.25) is 4.98 Å². The van der Waals surface area contributed by atoms with Gasteiger partial charge in [-0.25, -0.2) is 0 Å². The molecule has 2 heteroatoms. The molecule has 1 aromatic heterocycles. The van der Waals surface area contributed by atoms with E-state index in [1.807, 2.05) is 12.3 Å². The third-order valence-electron chi connectivity index (χ3n) is 2.99. The molecule has 1 atom stereocenters. The second-order valence-electron chi connectivity index (χ2n) is 3.89. The monoisotopic (exact) mass is 184 g/mol. The molecule has 2 nitrogen and oxygen atoms in total. The molecule has 1 aliphatic rings. The Morgan fingerprint density at radius 2 is 2.29 bits per heavy atom. The molecule has 70 valence electrons. The Bertz CT molecular complexity index is 491. The first-order valence-corrected chi connectivity index (χ1v) is 4.98. The summed E-state index contributed by atoms with van der Waals surface area (Å²) in [5.41, 5.74) is 9.79. The third kappa shape index (κ3) is 1.04. The van der Waals surface area contributed by atoms with Crippen molar-refractivity contribution in [2.24, 2.45) is 5.73 Å². The zero-order chi connectivity index (χ0) is 9.54. The van der Waals surface area contributed by atoms with Crippen LogP contribution in [0.25, 0.3) is 10.9 Å². The molecule has 0 unspecified atom stereocenters. The molecule has 1 aliphatic carbocycles. The number of aryl methyl sites for hydroxylation is 1. The molecule has 0 amide bonds. The first-order chi connectivity index (χ1) is 6.84. The van der Waals surface area contributed by atoms with Gasteiger partial charge < -0.3 is 5.73 Å². The quantitative estimate of drug-likeness (QED) is 0.681. The van der Waals surface area contributed by atoms with Crippen LogP contribution in [0.2, 0.25) is 0 Å². The zero-order valence-corrected chi connectivity index (χ0v) is 7.90. The summed E-state index contributed by atoms with van der Waals surface area (Å²) in [6.07, 6.45) is 4.01. The summed E-state index contributed by atoms with van der Waals surface area (Å²) in [5.74, 6) is 0. The highest BCUT2D eigenvalue weighted by molar-refractivity contribution is 5.80. The fourth-order valence-corrected chi connectivity index (χ4v) is 2.21. The second-order valence-corrected chi connectivity index (χ2v) is 3.89. The molecular formula is C12H12N2. The van der Waals surface area contributed by atoms with Crippen LogP contribution in [0.15, 0.2) is 30.5 Å². The molecule has 0 radical (unpaired) electrons. The van der Waals surface area contributed by atoms with Crippen LogP contribution < -0.4 is 5.73 Å². The lowest BCUT2D eigenvalue weighted by Crippen LogP contribution is -2.04. The van der Waals surface area contributed by atoms with Crippen molar-refractivity contribution >= 4 is 10.9 Å². The summed E-state index contributed by atoms with van der Waals surface area (Å²) >= 11 is 0. The lowest BCUT2D eigenvalue weighted by atomic mass is 10.1. The van der Waals surface area contributed by atoms with Crippen LogP contribution in [0.3, 0.4) is 0 Å². The lowest BCUT2D eigenvalue weighted by molar-refractivity contribution is 0.714. The molecule has 0 aliphatic heterocycles. The van der Waals surface area contributed by atoms with Crippen molar-refractivity contribution in [3.63, 3.8) is 0 Å². The van der Waals surface area contributed by atoms with Gasteiger partial charge in [-0.1, -0.05) is 6.07 Å². The first-order valence-electron chi connectivity index (χ1n) is 4.98. The SMILES string of the molecule is N[C@H]1CCc2cc3ncccc3cc21. The van der Waals surface area contributed by atoms with Crippen molar-refractivity contribution in [3.05, 3.63) is 41.6 Å². The highest BCUT2D eigenvalue weighted by Crippen LogP contribution is 2.31. The maximum absolute atomic E-state index is 6.02. The predicted molar refractivity (Wildman–Crippen MR) is 57.0 cm³/mol. The van der Waals surface area contributed by atoms with Gasteiger partial charge in [-0.05, 0) is 42.2 Å². The van der Waals surface area contributed by atoms with Crippen LogP contribution in [0, 0.1) is 0 Å². The van der Waals surface area contributed by atoms with E-state index in [1.54, 1.807) is 0 Å². The lowest BCUT2D eigenvalue weighted by Gasteiger charge is -2.05.